The number of para-hydroxylation sites is 1. The van der Waals surface area contributed by atoms with Crippen LogP contribution in [0.15, 0.2) is 73.1 Å². The fourth-order valence-electron chi connectivity index (χ4n) is 4.55. The zero-order valence-corrected chi connectivity index (χ0v) is 16.7. The van der Waals surface area contributed by atoms with Gasteiger partial charge in [-0.25, -0.2) is 9.97 Å². The van der Waals surface area contributed by atoms with Crippen LogP contribution < -0.4 is 0 Å². The fraction of sp³-hybridized carbons (Fsp3) is 0.160. The molecular formula is C25H21N5. The van der Waals surface area contributed by atoms with E-state index in [1.165, 1.54) is 16.7 Å². The minimum atomic E-state index is 0.332. The van der Waals surface area contributed by atoms with Gasteiger partial charge in [0, 0.05) is 41.5 Å². The van der Waals surface area contributed by atoms with Gasteiger partial charge in [-0.1, -0.05) is 42.5 Å². The van der Waals surface area contributed by atoms with Gasteiger partial charge in [0.15, 0.2) is 5.82 Å². The van der Waals surface area contributed by atoms with Crippen LogP contribution in [0.3, 0.4) is 0 Å². The summed E-state index contributed by atoms with van der Waals surface area (Å²) >= 11 is 0. The van der Waals surface area contributed by atoms with Crippen molar-refractivity contribution in [2.75, 3.05) is 13.6 Å². The van der Waals surface area contributed by atoms with E-state index in [4.69, 9.17) is 4.98 Å². The van der Waals surface area contributed by atoms with Gasteiger partial charge in [0.1, 0.15) is 0 Å². The maximum absolute atomic E-state index is 4.78. The lowest BCUT2D eigenvalue weighted by molar-refractivity contribution is 0.295. The zero-order chi connectivity index (χ0) is 20.1. The van der Waals surface area contributed by atoms with E-state index >= 15 is 0 Å². The molecule has 0 fully saturated rings. The molecule has 3 aromatic carbocycles. The lowest BCUT2D eigenvalue weighted by Gasteiger charge is -2.33. The normalized spacial score (nSPS) is 16.8. The van der Waals surface area contributed by atoms with Gasteiger partial charge >= 0.3 is 0 Å². The molecule has 1 atom stereocenters. The third-order valence-electron chi connectivity index (χ3n) is 6.07. The molecular weight excluding hydrogens is 370 g/mol. The lowest BCUT2D eigenvalue weighted by atomic mass is 9.84. The van der Waals surface area contributed by atoms with Gasteiger partial charge in [-0.3, -0.25) is 5.10 Å². The molecule has 2 aromatic heterocycles. The number of fused-ring (bicyclic) bond motifs is 3. The molecule has 146 valence electrons. The number of hydrogen-bond donors (Lipinski definition) is 1. The second-order valence-corrected chi connectivity index (χ2v) is 8.13. The molecule has 1 aliphatic heterocycles. The minimum absolute atomic E-state index is 0.332. The van der Waals surface area contributed by atoms with Gasteiger partial charge < -0.3 is 4.90 Å². The number of benzene rings is 3. The molecule has 1 aliphatic rings. The first-order valence-electron chi connectivity index (χ1n) is 10.2. The molecule has 5 aromatic rings. The van der Waals surface area contributed by atoms with E-state index in [9.17, 15) is 0 Å². The standard InChI is InChI=1S/C25H21N5/c1-30-14-20-10-17(25-26-12-18-4-2-3-5-23(18)28-25)8-9-21(20)22(15-30)16-6-7-19-13-27-29-24(19)11-16/h2-13,22H,14-15H2,1H3,(H,27,29). The molecule has 0 amide bonds. The highest BCUT2D eigenvalue weighted by atomic mass is 15.1. The Morgan fingerprint density at radius 1 is 0.967 bits per heavy atom. The van der Waals surface area contributed by atoms with E-state index in [1.54, 1.807) is 0 Å². The van der Waals surface area contributed by atoms with E-state index in [0.29, 0.717) is 5.92 Å². The maximum atomic E-state index is 4.78. The van der Waals surface area contributed by atoms with Gasteiger partial charge in [-0.15, -0.1) is 0 Å². The predicted octanol–water partition coefficient (Wildman–Crippen LogP) is 4.75. The molecule has 0 saturated heterocycles. The summed E-state index contributed by atoms with van der Waals surface area (Å²) < 4.78 is 0. The number of aromatic amines is 1. The molecule has 0 bridgehead atoms. The maximum Gasteiger partial charge on any atom is 0.159 e. The van der Waals surface area contributed by atoms with E-state index in [2.05, 4.69) is 63.5 Å². The first kappa shape index (κ1) is 17.3. The van der Waals surface area contributed by atoms with Crippen molar-refractivity contribution in [2.24, 2.45) is 0 Å². The lowest BCUT2D eigenvalue weighted by Crippen LogP contribution is -2.31. The third kappa shape index (κ3) is 2.86. The molecule has 5 heteroatoms. The SMILES string of the molecule is CN1Cc2cc(-c3ncc4ccccc4n3)ccc2C(c2ccc3cn[nH]c3c2)C1. The largest absolute Gasteiger partial charge is 0.301 e. The minimum Gasteiger partial charge on any atom is -0.301 e. The van der Waals surface area contributed by atoms with Gasteiger partial charge in [0.05, 0.1) is 17.2 Å². The van der Waals surface area contributed by atoms with Crippen molar-refractivity contribution in [3.8, 4) is 11.4 Å². The Kier molecular flexibility index (Phi) is 3.89. The predicted molar refractivity (Wildman–Crippen MR) is 119 cm³/mol. The monoisotopic (exact) mass is 391 g/mol. The van der Waals surface area contributed by atoms with Crippen molar-refractivity contribution < 1.29 is 0 Å². The van der Waals surface area contributed by atoms with Crippen LogP contribution in [0.1, 0.15) is 22.6 Å². The summed E-state index contributed by atoms with van der Waals surface area (Å²) in [6.45, 7) is 1.93. The molecule has 6 rings (SSSR count). The number of nitrogens with one attached hydrogen (secondary N) is 1. The van der Waals surface area contributed by atoms with Crippen LogP contribution >= 0.6 is 0 Å². The molecule has 30 heavy (non-hydrogen) atoms. The second-order valence-electron chi connectivity index (χ2n) is 8.13. The zero-order valence-electron chi connectivity index (χ0n) is 16.7. The molecule has 0 spiro atoms. The highest BCUT2D eigenvalue weighted by molar-refractivity contribution is 5.80. The quantitative estimate of drug-likeness (QED) is 0.472. The Morgan fingerprint density at radius 2 is 1.90 bits per heavy atom. The topological polar surface area (TPSA) is 57.7 Å². The Balaban J connectivity index is 1.43. The van der Waals surface area contributed by atoms with Crippen LogP contribution in [0.4, 0.5) is 0 Å². The van der Waals surface area contributed by atoms with Crippen LogP contribution in [0.25, 0.3) is 33.2 Å². The Labute approximate surface area is 174 Å². The summed E-state index contributed by atoms with van der Waals surface area (Å²) in [7, 11) is 2.18. The average molecular weight is 391 g/mol. The van der Waals surface area contributed by atoms with Crippen LogP contribution in [0, 0.1) is 0 Å². The fourth-order valence-corrected chi connectivity index (χ4v) is 4.55. The summed E-state index contributed by atoms with van der Waals surface area (Å²) in [6.07, 6.45) is 3.78. The van der Waals surface area contributed by atoms with Crippen LogP contribution in [0.5, 0.6) is 0 Å². The molecule has 3 heterocycles. The number of aromatic nitrogens is 4. The number of H-pyrrole nitrogens is 1. The number of nitrogens with zero attached hydrogens (tertiary/aromatic N) is 4. The first-order chi connectivity index (χ1) is 14.7. The van der Waals surface area contributed by atoms with Crippen LogP contribution in [-0.2, 0) is 6.54 Å². The smallest absolute Gasteiger partial charge is 0.159 e. The first-order valence-corrected chi connectivity index (χ1v) is 10.2. The van der Waals surface area contributed by atoms with Crippen molar-refractivity contribution in [3.63, 3.8) is 0 Å². The molecule has 5 nitrogen and oxygen atoms in total. The number of likely N-dealkylation sites (N-methyl/N-ethyl adjacent to an activating group) is 1. The van der Waals surface area contributed by atoms with Gasteiger partial charge in [-0.05, 0) is 41.9 Å². The second kappa shape index (κ2) is 6.75. The highest BCUT2D eigenvalue weighted by Crippen LogP contribution is 2.35. The Hall–Kier alpha value is -3.57. The van der Waals surface area contributed by atoms with E-state index < -0.39 is 0 Å². The van der Waals surface area contributed by atoms with Gasteiger partial charge in [0.2, 0.25) is 0 Å². The summed E-state index contributed by atoms with van der Waals surface area (Å²) in [6, 6.07) is 21.4. The molecule has 0 saturated carbocycles. The molecule has 0 aliphatic carbocycles. The van der Waals surface area contributed by atoms with Gasteiger partial charge in [0.25, 0.3) is 0 Å². The highest BCUT2D eigenvalue weighted by Gasteiger charge is 2.25. The van der Waals surface area contributed by atoms with E-state index in [0.717, 1.165) is 46.3 Å². The third-order valence-corrected chi connectivity index (χ3v) is 6.07. The number of rotatable bonds is 2. The number of hydrogen-bond acceptors (Lipinski definition) is 4. The van der Waals surface area contributed by atoms with Crippen molar-refractivity contribution in [1.29, 1.82) is 0 Å². The molecule has 1 unspecified atom stereocenters. The van der Waals surface area contributed by atoms with E-state index in [-0.39, 0.29) is 0 Å². The summed E-state index contributed by atoms with van der Waals surface area (Å²) in [5.41, 5.74) is 7.17. The average Bonchev–Trinajstić information content (AvgIpc) is 3.25. The van der Waals surface area contributed by atoms with Crippen molar-refractivity contribution in [2.45, 2.75) is 12.5 Å². The van der Waals surface area contributed by atoms with Crippen LogP contribution in [0.2, 0.25) is 0 Å². The molecule has 0 radical (unpaired) electrons. The van der Waals surface area contributed by atoms with Crippen molar-refractivity contribution in [3.05, 3.63) is 89.7 Å². The van der Waals surface area contributed by atoms with Gasteiger partial charge in [-0.2, -0.15) is 5.10 Å². The Morgan fingerprint density at radius 3 is 2.87 bits per heavy atom. The van der Waals surface area contributed by atoms with Crippen LogP contribution in [-0.4, -0.2) is 38.7 Å². The van der Waals surface area contributed by atoms with Crippen molar-refractivity contribution >= 4 is 21.8 Å². The summed E-state index contributed by atoms with van der Waals surface area (Å²) in [5.74, 6) is 1.11. The molecule has 1 N–H and O–H groups in total. The summed E-state index contributed by atoms with van der Waals surface area (Å²) in [5, 5.41) is 9.47. The summed E-state index contributed by atoms with van der Waals surface area (Å²) in [4.78, 5) is 11.8. The van der Waals surface area contributed by atoms with Crippen molar-refractivity contribution in [1.82, 2.24) is 25.1 Å². The Bertz CT molecular complexity index is 1390. The van der Waals surface area contributed by atoms with E-state index in [1.807, 2.05) is 36.7 Å².